The minimum absolute atomic E-state index is 0.187. The first-order chi connectivity index (χ1) is 8.29. The highest BCUT2D eigenvalue weighted by atomic mass is 16.5. The Hall–Kier alpha value is -1.81. The van der Waals surface area contributed by atoms with E-state index in [0.29, 0.717) is 5.88 Å². The lowest BCUT2D eigenvalue weighted by Gasteiger charge is -2.11. The number of pyridine rings is 1. The van der Waals surface area contributed by atoms with Crippen LogP contribution in [0.5, 0.6) is 5.88 Å². The molecule has 4 heteroatoms. The van der Waals surface area contributed by atoms with Gasteiger partial charge in [0, 0.05) is 18.8 Å². The molecule has 2 aromatic heterocycles. The van der Waals surface area contributed by atoms with Crippen molar-refractivity contribution < 1.29 is 9.15 Å². The topological polar surface area (TPSA) is 47.3 Å². The standard InChI is InChI=1S/C13H16N2O2/c1-10(12-4-3-7-17-12)14-8-11-5-6-13(16-2)15-9-11/h3-7,9-10,14H,8H2,1-2H3/t10-/m0/s1. The van der Waals surface area contributed by atoms with Crippen molar-refractivity contribution in [1.82, 2.24) is 10.3 Å². The van der Waals surface area contributed by atoms with Crippen LogP contribution in [-0.2, 0) is 6.54 Å². The highest BCUT2D eigenvalue weighted by Gasteiger charge is 2.07. The van der Waals surface area contributed by atoms with Crippen molar-refractivity contribution in [2.45, 2.75) is 19.5 Å². The molecule has 0 aliphatic rings. The van der Waals surface area contributed by atoms with Crippen LogP contribution in [0.15, 0.2) is 41.1 Å². The lowest BCUT2D eigenvalue weighted by atomic mass is 10.2. The van der Waals surface area contributed by atoms with Crippen LogP contribution in [0.2, 0.25) is 0 Å². The van der Waals surface area contributed by atoms with Crippen LogP contribution >= 0.6 is 0 Å². The van der Waals surface area contributed by atoms with E-state index in [1.54, 1.807) is 19.6 Å². The first kappa shape index (κ1) is 11.7. The number of hydrogen-bond donors (Lipinski definition) is 1. The number of ether oxygens (including phenoxy) is 1. The minimum atomic E-state index is 0.187. The Balaban J connectivity index is 1.89. The SMILES string of the molecule is COc1ccc(CN[C@@H](C)c2ccco2)cn1. The van der Waals surface area contributed by atoms with Gasteiger partial charge in [0.2, 0.25) is 5.88 Å². The van der Waals surface area contributed by atoms with Gasteiger partial charge in [0.15, 0.2) is 0 Å². The van der Waals surface area contributed by atoms with Gasteiger partial charge in [-0.15, -0.1) is 0 Å². The molecule has 1 atom stereocenters. The lowest BCUT2D eigenvalue weighted by molar-refractivity contribution is 0.397. The van der Waals surface area contributed by atoms with Gasteiger partial charge in [0.25, 0.3) is 0 Å². The van der Waals surface area contributed by atoms with Crippen molar-refractivity contribution in [1.29, 1.82) is 0 Å². The summed E-state index contributed by atoms with van der Waals surface area (Å²) in [5.41, 5.74) is 1.12. The molecule has 0 saturated heterocycles. The van der Waals surface area contributed by atoms with Gasteiger partial charge in [-0.3, -0.25) is 0 Å². The molecule has 0 saturated carbocycles. The number of nitrogens with one attached hydrogen (secondary N) is 1. The van der Waals surface area contributed by atoms with E-state index in [-0.39, 0.29) is 6.04 Å². The maximum atomic E-state index is 5.32. The summed E-state index contributed by atoms with van der Waals surface area (Å²) in [5, 5.41) is 3.36. The van der Waals surface area contributed by atoms with Crippen LogP contribution < -0.4 is 10.1 Å². The highest BCUT2D eigenvalue weighted by molar-refractivity contribution is 5.17. The van der Waals surface area contributed by atoms with Crippen molar-refractivity contribution in [2.24, 2.45) is 0 Å². The molecule has 0 aromatic carbocycles. The average Bonchev–Trinajstić information content (AvgIpc) is 2.90. The zero-order valence-corrected chi connectivity index (χ0v) is 10.0. The van der Waals surface area contributed by atoms with Crippen LogP contribution in [0.1, 0.15) is 24.3 Å². The van der Waals surface area contributed by atoms with Crippen molar-refractivity contribution in [2.75, 3.05) is 7.11 Å². The van der Waals surface area contributed by atoms with Gasteiger partial charge in [-0.05, 0) is 24.6 Å². The Morgan fingerprint density at radius 3 is 2.88 bits per heavy atom. The fraction of sp³-hybridized carbons (Fsp3) is 0.308. The van der Waals surface area contributed by atoms with E-state index >= 15 is 0 Å². The Morgan fingerprint density at radius 1 is 1.41 bits per heavy atom. The number of furan rings is 1. The highest BCUT2D eigenvalue weighted by Crippen LogP contribution is 2.13. The second-order valence-corrected chi connectivity index (χ2v) is 3.83. The van der Waals surface area contributed by atoms with Crippen LogP contribution in [0.25, 0.3) is 0 Å². The molecule has 0 bridgehead atoms. The lowest BCUT2D eigenvalue weighted by Crippen LogP contribution is -2.17. The van der Waals surface area contributed by atoms with Gasteiger partial charge in [0.1, 0.15) is 5.76 Å². The molecule has 17 heavy (non-hydrogen) atoms. The van der Waals surface area contributed by atoms with E-state index in [0.717, 1.165) is 17.9 Å². The summed E-state index contributed by atoms with van der Waals surface area (Å²) in [4.78, 5) is 4.15. The van der Waals surface area contributed by atoms with Gasteiger partial charge in [-0.1, -0.05) is 6.07 Å². The smallest absolute Gasteiger partial charge is 0.212 e. The molecule has 2 aromatic rings. The van der Waals surface area contributed by atoms with E-state index < -0.39 is 0 Å². The minimum Gasteiger partial charge on any atom is -0.481 e. The van der Waals surface area contributed by atoms with Crippen molar-refractivity contribution >= 4 is 0 Å². The van der Waals surface area contributed by atoms with E-state index in [1.165, 1.54) is 0 Å². The second kappa shape index (κ2) is 5.50. The molecular weight excluding hydrogens is 216 g/mol. The molecule has 90 valence electrons. The zero-order valence-electron chi connectivity index (χ0n) is 10.0. The fourth-order valence-electron chi connectivity index (χ4n) is 1.55. The van der Waals surface area contributed by atoms with Gasteiger partial charge in [-0.2, -0.15) is 0 Å². The van der Waals surface area contributed by atoms with E-state index in [2.05, 4.69) is 17.2 Å². The maximum absolute atomic E-state index is 5.32. The average molecular weight is 232 g/mol. The number of nitrogens with zero attached hydrogens (tertiary/aromatic N) is 1. The fourth-order valence-corrected chi connectivity index (χ4v) is 1.55. The summed E-state index contributed by atoms with van der Waals surface area (Å²) in [6.45, 7) is 2.81. The summed E-state index contributed by atoms with van der Waals surface area (Å²) in [7, 11) is 1.61. The Kier molecular flexibility index (Phi) is 3.77. The molecule has 0 aliphatic heterocycles. The third-order valence-electron chi connectivity index (χ3n) is 2.59. The van der Waals surface area contributed by atoms with Gasteiger partial charge < -0.3 is 14.5 Å². The van der Waals surface area contributed by atoms with Crippen LogP contribution in [0.3, 0.4) is 0 Å². The summed E-state index contributed by atoms with van der Waals surface area (Å²) in [5.74, 6) is 1.57. The second-order valence-electron chi connectivity index (χ2n) is 3.83. The van der Waals surface area contributed by atoms with Gasteiger partial charge in [-0.25, -0.2) is 4.98 Å². The molecule has 2 rings (SSSR count). The van der Waals surface area contributed by atoms with E-state index in [4.69, 9.17) is 9.15 Å². The molecule has 0 aliphatic carbocycles. The normalized spacial score (nSPS) is 12.4. The van der Waals surface area contributed by atoms with Crippen molar-refractivity contribution in [3.63, 3.8) is 0 Å². The number of aromatic nitrogens is 1. The Labute approximate surface area is 101 Å². The zero-order chi connectivity index (χ0) is 12.1. The third-order valence-corrected chi connectivity index (χ3v) is 2.59. The molecule has 0 spiro atoms. The predicted molar refractivity (Wildman–Crippen MR) is 64.8 cm³/mol. The quantitative estimate of drug-likeness (QED) is 0.860. The van der Waals surface area contributed by atoms with Gasteiger partial charge in [0.05, 0.1) is 19.4 Å². The Morgan fingerprint density at radius 2 is 2.29 bits per heavy atom. The van der Waals surface area contributed by atoms with Crippen LogP contribution in [0.4, 0.5) is 0 Å². The number of rotatable bonds is 5. The summed E-state index contributed by atoms with van der Waals surface area (Å²) in [6, 6.07) is 7.89. The summed E-state index contributed by atoms with van der Waals surface area (Å²) >= 11 is 0. The van der Waals surface area contributed by atoms with Crippen LogP contribution in [-0.4, -0.2) is 12.1 Å². The first-order valence-electron chi connectivity index (χ1n) is 5.55. The summed E-state index contributed by atoms with van der Waals surface area (Å²) in [6.07, 6.45) is 3.49. The van der Waals surface area contributed by atoms with E-state index in [9.17, 15) is 0 Å². The number of methoxy groups -OCH3 is 1. The van der Waals surface area contributed by atoms with Gasteiger partial charge >= 0.3 is 0 Å². The molecule has 1 N–H and O–H groups in total. The largest absolute Gasteiger partial charge is 0.481 e. The molecule has 0 fully saturated rings. The van der Waals surface area contributed by atoms with E-state index in [1.807, 2.05) is 24.3 Å². The molecule has 2 heterocycles. The number of hydrogen-bond acceptors (Lipinski definition) is 4. The monoisotopic (exact) mass is 232 g/mol. The Bertz CT molecular complexity index is 437. The predicted octanol–water partition coefficient (Wildman–Crippen LogP) is 2.53. The molecule has 0 amide bonds. The molecular formula is C13H16N2O2. The first-order valence-corrected chi connectivity index (χ1v) is 5.55. The molecule has 0 radical (unpaired) electrons. The van der Waals surface area contributed by atoms with Crippen molar-refractivity contribution in [3.8, 4) is 5.88 Å². The molecule has 4 nitrogen and oxygen atoms in total. The van der Waals surface area contributed by atoms with Crippen LogP contribution in [0, 0.1) is 0 Å². The third kappa shape index (κ3) is 3.07. The molecule has 0 unspecified atom stereocenters. The maximum Gasteiger partial charge on any atom is 0.212 e. The van der Waals surface area contributed by atoms with Crippen molar-refractivity contribution in [3.05, 3.63) is 48.0 Å². The summed E-state index contributed by atoms with van der Waals surface area (Å²) < 4.78 is 10.3.